The molecule has 1 aromatic rings. The molecule has 3 nitrogen and oxygen atoms in total. The number of aromatic hydroxyl groups is 1. The molecule has 106 valence electrons. The summed E-state index contributed by atoms with van der Waals surface area (Å²) in [6.07, 6.45) is 2.78. The average Bonchev–Trinajstić information content (AvgIpc) is 2.88. The second kappa shape index (κ2) is 6.40. The summed E-state index contributed by atoms with van der Waals surface area (Å²) in [6, 6.07) is 4.17. The molecule has 1 atom stereocenters. The van der Waals surface area contributed by atoms with Gasteiger partial charge in [0, 0.05) is 19.7 Å². The van der Waals surface area contributed by atoms with E-state index in [1.54, 1.807) is 0 Å². The number of hydrogen-bond acceptors (Lipinski definition) is 3. The van der Waals surface area contributed by atoms with E-state index in [-0.39, 0.29) is 0 Å². The Kier molecular flexibility index (Phi) is 4.83. The molecule has 0 bridgehead atoms. The van der Waals surface area contributed by atoms with E-state index in [9.17, 15) is 5.11 Å². The first-order chi connectivity index (χ1) is 9.10. The number of rotatable bonds is 5. The zero-order chi connectivity index (χ0) is 13.8. The van der Waals surface area contributed by atoms with Gasteiger partial charge in [0.05, 0.1) is 6.10 Å². The van der Waals surface area contributed by atoms with Crippen LogP contribution in [0, 0.1) is 13.8 Å². The lowest BCUT2D eigenvalue weighted by Crippen LogP contribution is -2.31. The van der Waals surface area contributed by atoms with Gasteiger partial charge in [-0.1, -0.05) is 19.1 Å². The summed E-state index contributed by atoms with van der Waals surface area (Å²) in [5.74, 6) is 0.422. The van der Waals surface area contributed by atoms with Crippen LogP contribution in [0.3, 0.4) is 0 Å². The first-order valence-electron chi connectivity index (χ1n) is 7.23. The summed E-state index contributed by atoms with van der Waals surface area (Å²) < 4.78 is 5.71. The van der Waals surface area contributed by atoms with Crippen LogP contribution >= 0.6 is 0 Å². The molecule has 0 saturated carbocycles. The van der Waals surface area contributed by atoms with E-state index in [2.05, 4.69) is 24.0 Å². The fourth-order valence-electron chi connectivity index (χ4n) is 2.78. The Morgan fingerprint density at radius 3 is 2.53 bits per heavy atom. The molecule has 1 saturated heterocycles. The fourth-order valence-corrected chi connectivity index (χ4v) is 2.78. The van der Waals surface area contributed by atoms with Crippen molar-refractivity contribution in [2.45, 2.75) is 46.3 Å². The quantitative estimate of drug-likeness (QED) is 0.886. The Labute approximate surface area is 116 Å². The summed E-state index contributed by atoms with van der Waals surface area (Å²) in [5.41, 5.74) is 3.19. The maximum Gasteiger partial charge on any atom is 0.121 e. The molecule has 1 N–H and O–H groups in total. The highest BCUT2D eigenvalue weighted by molar-refractivity contribution is 5.42. The smallest absolute Gasteiger partial charge is 0.121 e. The predicted octanol–water partition coefficient (Wildman–Crippen LogP) is 3.01. The standard InChI is InChI=1S/C16H25NO2/c1-4-17(11-15-6-5-7-19-15)10-14-8-12(2)16(18)13(3)9-14/h8-9,15,18H,4-7,10-11H2,1-3H3. The summed E-state index contributed by atoms with van der Waals surface area (Å²) in [7, 11) is 0. The van der Waals surface area contributed by atoms with Crippen LogP contribution in [-0.4, -0.2) is 35.8 Å². The first kappa shape index (κ1) is 14.4. The van der Waals surface area contributed by atoms with Crippen molar-refractivity contribution in [1.29, 1.82) is 0 Å². The van der Waals surface area contributed by atoms with Crippen LogP contribution in [0.15, 0.2) is 12.1 Å². The molecule has 0 amide bonds. The van der Waals surface area contributed by atoms with Crippen molar-refractivity contribution in [1.82, 2.24) is 4.90 Å². The normalized spacial score (nSPS) is 19.3. The molecular formula is C16H25NO2. The van der Waals surface area contributed by atoms with E-state index in [0.29, 0.717) is 11.9 Å². The zero-order valence-electron chi connectivity index (χ0n) is 12.3. The largest absolute Gasteiger partial charge is 0.507 e. The number of phenolic OH excluding ortho intramolecular Hbond substituents is 1. The third-order valence-corrected chi connectivity index (χ3v) is 3.89. The number of aryl methyl sites for hydroxylation is 2. The van der Waals surface area contributed by atoms with Crippen LogP contribution in [0.5, 0.6) is 5.75 Å². The maximum atomic E-state index is 9.82. The van der Waals surface area contributed by atoms with E-state index >= 15 is 0 Å². The molecule has 0 aliphatic carbocycles. The average molecular weight is 263 g/mol. The van der Waals surface area contributed by atoms with Gasteiger partial charge < -0.3 is 9.84 Å². The van der Waals surface area contributed by atoms with Crippen LogP contribution in [-0.2, 0) is 11.3 Å². The highest BCUT2D eigenvalue weighted by Crippen LogP contribution is 2.24. The summed E-state index contributed by atoms with van der Waals surface area (Å²) in [6.45, 7) is 9.99. The lowest BCUT2D eigenvalue weighted by atomic mass is 10.1. The minimum atomic E-state index is 0.402. The highest BCUT2D eigenvalue weighted by Gasteiger charge is 2.18. The first-order valence-corrected chi connectivity index (χ1v) is 7.23. The van der Waals surface area contributed by atoms with Crippen molar-refractivity contribution >= 4 is 0 Å². The molecular weight excluding hydrogens is 238 g/mol. The van der Waals surface area contributed by atoms with E-state index < -0.39 is 0 Å². The Hall–Kier alpha value is -1.06. The SMILES string of the molecule is CCN(Cc1cc(C)c(O)c(C)c1)CC1CCCO1. The van der Waals surface area contributed by atoms with Crippen molar-refractivity contribution in [2.24, 2.45) is 0 Å². The third kappa shape index (κ3) is 3.71. The van der Waals surface area contributed by atoms with Crippen LogP contribution < -0.4 is 0 Å². The van der Waals surface area contributed by atoms with Gasteiger partial charge in [-0.15, -0.1) is 0 Å². The number of nitrogens with zero attached hydrogens (tertiary/aromatic N) is 1. The molecule has 1 aliphatic rings. The van der Waals surface area contributed by atoms with Gasteiger partial charge in [-0.05, 0) is 49.9 Å². The lowest BCUT2D eigenvalue weighted by molar-refractivity contribution is 0.0725. The van der Waals surface area contributed by atoms with Crippen molar-refractivity contribution in [3.05, 3.63) is 28.8 Å². The Morgan fingerprint density at radius 2 is 2.00 bits per heavy atom. The Morgan fingerprint density at radius 1 is 1.32 bits per heavy atom. The molecule has 2 rings (SSSR count). The molecule has 1 fully saturated rings. The van der Waals surface area contributed by atoms with Gasteiger partial charge in [-0.25, -0.2) is 0 Å². The fraction of sp³-hybridized carbons (Fsp3) is 0.625. The molecule has 19 heavy (non-hydrogen) atoms. The van der Waals surface area contributed by atoms with Crippen molar-refractivity contribution in [3.8, 4) is 5.75 Å². The van der Waals surface area contributed by atoms with Crippen molar-refractivity contribution in [2.75, 3.05) is 19.7 Å². The second-order valence-corrected chi connectivity index (χ2v) is 5.54. The summed E-state index contributed by atoms with van der Waals surface area (Å²) in [4.78, 5) is 2.42. The summed E-state index contributed by atoms with van der Waals surface area (Å²) >= 11 is 0. The predicted molar refractivity (Wildman–Crippen MR) is 77.5 cm³/mol. The molecule has 0 aromatic heterocycles. The van der Waals surface area contributed by atoms with E-state index in [0.717, 1.165) is 37.4 Å². The molecule has 0 spiro atoms. The van der Waals surface area contributed by atoms with E-state index in [4.69, 9.17) is 4.74 Å². The molecule has 3 heteroatoms. The van der Waals surface area contributed by atoms with Crippen molar-refractivity contribution in [3.63, 3.8) is 0 Å². The van der Waals surface area contributed by atoms with Gasteiger partial charge in [-0.2, -0.15) is 0 Å². The maximum absolute atomic E-state index is 9.82. The minimum Gasteiger partial charge on any atom is -0.507 e. The number of ether oxygens (including phenoxy) is 1. The number of phenols is 1. The number of benzene rings is 1. The topological polar surface area (TPSA) is 32.7 Å². The molecule has 1 aromatic carbocycles. The Balaban J connectivity index is 2.01. The van der Waals surface area contributed by atoms with Gasteiger partial charge in [0.2, 0.25) is 0 Å². The molecule has 1 unspecified atom stereocenters. The summed E-state index contributed by atoms with van der Waals surface area (Å²) in [5, 5.41) is 9.82. The van der Waals surface area contributed by atoms with Crippen LogP contribution in [0.25, 0.3) is 0 Å². The van der Waals surface area contributed by atoms with Crippen LogP contribution in [0.2, 0.25) is 0 Å². The molecule has 0 radical (unpaired) electrons. The van der Waals surface area contributed by atoms with E-state index in [1.165, 1.54) is 18.4 Å². The molecule has 1 heterocycles. The monoisotopic (exact) mass is 263 g/mol. The van der Waals surface area contributed by atoms with Crippen LogP contribution in [0.1, 0.15) is 36.5 Å². The van der Waals surface area contributed by atoms with Gasteiger partial charge in [0.15, 0.2) is 0 Å². The van der Waals surface area contributed by atoms with Gasteiger partial charge >= 0.3 is 0 Å². The second-order valence-electron chi connectivity index (χ2n) is 5.54. The van der Waals surface area contributed by atoms with Gasteiger partial charge in [0.25, 0.3) is 0 Å². The zero-order valence-corrected chi connectivity index (χ0v) is 12.3. The van der Waals surface area contributed by atoms with E-state index in [1.807, 2.05) is 13.8 Å². The lowest BCUT2D eigenvalue weighted by Gasteiger charge is -2.24. The third-order valence-electron chi connectivity index (χ3n) is 3.89. The Bertz CT molecular complexity index is 402. The minimum absolute atomic E-state index is 0.402. The number of likely N-dealkylation sites (N-methyl/N-ethyl adjacent to an activating group) is 1. The highest BCUT2D eigenvalue weighted by atomic mass is 16.5. The van der Waals surface area contributed by atoms with Crippen molar-refractivity contribution < 1.29 is 9.84 Å². The number of hydrogen-bond donors (Lipinski definition) is 1. The van der Waals surface area contributed by atoms with Gasteiger partial charge in [-0.3, -0.25) is 4.90 Å². The van der Waals surface area contributed by atoms with Crippen LogP contribution in [0.4, 0.5) is 0 Å². The van der Waals surface area contributed by atoms with Gasteiger partial charge in [0.1, 0.15) is 5.75 Å². The molecule has 1 aliphatic heterocycles.